The van der Waals surface area contributed by atoms with Crippen LogP contribution in [0.3, 0.4) is 0 Å². The Morgan fingerprint density at radius 3 is 2.88 bits per heavy atom. The largest absolute Gasteiger partial charge is 0.341 e. The number of pyridine rings is 1. The number of fused-ring (bicyclic) bond motifs is 3. The molecule has 4 nitrogen and oxygen atoms in total. The van der Waals surface area contributed by atoms with E-state index in [2.05, 4.69) is 9.97 Å². The monoisotopic (exact) mass is 327 g/mol. The first-order valence-electron chi connectivity index (χ1n) is 7.74. The van der Waals surface area contributed by atoms with Crippen molar-refractivity contribution in [3.05, 3.63) is 65.0 Å². The number of nitrogens with zero attached hydrogens (tertiary/aromatic N) is 2. The zero-order chi connectivity index (χ0) is 16.8. The molecule has 24 heavy (non-hydrogen) atoms. The van der Waals surface area contributed by atoms with E-state index in [0.717, 1.165) is 34.4 Å². The van der Waals surface area contributed by atoms with Gasteiger partial charge in [-0.3, -0.25) is 4.79 Å². The lowest BCUT2D eigenvalue weighted by molar-refractivity contribution is -0.130. The summed E-state index contributed by atoms with van der Waals surface area (Å²) in [6.07, 6.45) is 2.39. The number of hydrogen-bond acceptors (Lipinski definition) is 2. The molecule has 0 spiro atoms. The highest BCUT2D eigenvalue weighted by atomic mass is 19.2. The Kier molecular flexibility index (Phi) is 3.33. The van der Waals surface area contributed by atoms with E-state index in [-0.39, 0.29) is 5.91 Å². The van der Waals surface area contributed by atoms with Gasteiger partial charge in [-0.15, -0.1) is 0 Å². The second kappa shape index (κ2) is 5.40. The maximum Gasteiger partial charge on any atom is 0.220 e. The van der Waals surface area contributed by atoms with Crippen LogP contribution in [-0.2, 0) is 11.2 Å². The van der Waals surface area contributed by atoms with Gasteiger partial charge >= 0.3 is 0 Å². The van der Waals surface area contributed by atoms with Crippen LogP contribution in [-0.4, -0.2) is 27.3 Å². The molecule has 3 aromatic rings. The average Bonchev–Trinajstić information content (AvgIpc) is 2.95. The van der Waals surface area contributed by atoms with Gasteiger partial charge in [0.15, 0.2) is 11.6 Å². The first-order valence-corrected chi connectivity index (χ1v) is 7.74. The summed E-state index contributed by atoms with van der Waals surface area (Å²) >= 11 is 0. The second-order valence-corrected chi connectivity index (χ2v) is 5.96. The Hall–Kier alpha value is -2.76. The van der Waals surface area contributed by atoms with Gasteiger partial charge in [-0.2, -0.15) is 0 Å². The molecule has 0 saturated heterocycles. The van der Waals surface area contributed by atoms with Crippen LogP contribution in [0.15, 0.2) is 36.5 Å². The summed E-state index contributed by atoms with van der Waals surface area (Å²) in [5.74, 6) is -1.93. The Balaban J connectivity index is 1.94. The molecular formula is C18H15F2N3O. The highest BCUT2D eigenvalue weighted by Crippen LogP contribution is 2.38. The third kappa shape index (κ3) is 2.18. The molecule has 4 rings (SSSR count). The maximum absolute atomic E-state index is 13.7. The van der Waals surface area contributed by atoms with Crippen molar-refractivity contribution in [3.63, 3.8) is 0 Å². The average molecular weight is 327 g/mol. The van der Waals surface area contributed by atoms with Gasteiger partial charge in [-0.1, -0.05) is 6.07 Å². The molecular weight excluding hydrogens is 312 g/mol. The van der Waals surface area contributed by atoms with Gasteiger partial charge in [0.25, 0.3) is 0 Å². The summed E-state index contributed by atoms with van der Waals surface area (Å²) in [6.45, 7) is 2.01. The SMILES string of the molecule is CC(=O)N1CCc2c([nH]c3ncccc23)C1c1ccc(F)c(F)c1. The zero-order valence-electron chi connectivity index (χ0n) is 13.0. The molecule has 0 fully saturated rings. The fourth-order valence-corrected chi connectivity index (χ4v) is 3.48. The number of nitrogens with one attached hydrogen (secondary N) is 1. The number of amides is 1. The van der Waals surface area contributed by atoms with Crippen molar-refractivity contribution in [1.29, 1.82) is 0 Å². The number of aromatic amines is 1. The number of H-pyrrole nitrogens is 1. The summed E-state index contributed by atoms with van der Waals surface area (Å²) in [4.78, 5) is 21.3. The van der Waals surface area contributed by atoms with Crippen molar-refractivity contribution < 1.29 is 13.6 Å². The molecule has 6 heteroatoms. The van der Waals surface area contributed by atoms with Crippen LogP contribution in [0.4, 0.5) is 8.78 Å². The van der Waals surface area contributed by atoms with Crippen molar-refractivity contribution in [2.24, 2.45) is 0 Å². The van der Waals surface area contributed by atoms with E-state index in [1.54, 1.807) is 11.1 Å². The topological polar surface area (TPSA) is 49.0 Å². The molecule has 1 N–H and O–H groups in total. The van der Waals surface area contributed by atoms with E-state index in [0.29, 0.717) is 18.5 Å². The van der Waals surface area contributed by atoms with E-state index in [9.17, 15) is 13.6 Å². The molecule has 1 aromatic carbocycles. The van der Waals surface area contributed by atoms with Crippen molar-refractivity contribution >= 4 is 16.9 Å². The van der Waals surface area contributed by atoms with Crippen LogP contribution in [0.2, 0.25) is 0 Å². The highest BCUT2D eigenvalue weighted by molar-refractivity contribution is 5.83. The molecule has 0 saturated carbocycles. The molecule has 1 unspecified atom stereocenters. The molecule has 1 amide bonds. The first-order chi connectivity index (χ1) is 11.6. The van der Waals surface area contributed by atoms with Crippen LogP contribution in [0, 0.1) is 11.6 Å². The van der Waals surface area contributed by atoms with Crippen LogP contribution >= 0.6 is 0 Å². The molecule has 0 bridgehead atoms. The normalized spacial score (nSPS) is 17.1. The van der Waals surface area contributed by atoms with E-state index >= 15 is 0 Å². The van der Waals surface area contributed by atoms with E-state index in [4.69, 9.17) is 0 Å². The number of aromatic nitrogens is 2. The fraction of sp³-hybridized carbons (Fsp3) is 0.222. The predicted octanol–water partition coefficient (Wildman–Crippen LogP) is 3.34. The zero-order valence-corrected chi connectivity index (χ0v) is 13.0. The fourth-order valence-electron chi connectivity index (χ4n) is 3.48. The van der Waals surface area contributed by atoms with Gasteiger partial charge in [-0.25, -0.2) is 13.8 Å². The second-order valence-electron chi connectivity index (χ2n) is 5.96. The van der Waals surface area contributed by atoms with Crippen LogP contribution in [0.5, 0.6) is 0 Å². The third-order valence-electron chi connectivity index (χ3n) is 4.56. The van der Waals surface area contributed by atoms with Gasteiger partial charge in [0, 0.05) is 30.7 Å². The summed E-state index contributed by atoms with van der Waals surface area (Å²) in [6, 6.07) is 7.13. The number of halogens is 2. The molecule has 1 aliphatic rings. The molecule has 1 atom stereocenters. The van der Waals surface area contributed by atoms with Crippen LogP contribution in [0.25, 0.3) is 11.0 Å². The lowest BCUT2D eigenvalue weighted by atomic mass is 9.92. The van der Waals surface area contributed by atoms with Gasteiger partial charge in [-0.05, 0) is 41.8 Å². The quantitative estimate of drug-likeness (QED) is 0.745. The third-order valence-corrected chi connectivity index (χ3v) is 4.56. The number of carbonyl (C=O) groups excluding carboxylic acids is 1. The summed E-state index contributed by atoms with van der Waals surface area (Å²) < 4.78 is 27.1. The van der Waals surface area contributed by atoms with E-state index in [1.165, 1.54) is 13.0 Å². The molecule has 122 valence electrons. The van der Waals surface area contributed by atoms with Crippen molar-refractivity contribution in [2.45, 2.75) is 19.4 Å². The molecule has 1 aliphatic heterocycles. The number of hydrogen-bond donors (Lipinski definition) is 1. The maximum atomic E-state index is 13.7. The lowest BCUT2D eigenvalue weighted by Gasteiger charge is -2.35. The van der Waals surface area contributed by atoms with E-state index in [1.807, 2.05) is 12.1 Å². The molecule has 2 aromatic heterocycles. The number of carbonyl (C=O) groups is 1. The van der Waals surface area contributed by atoms with Gasteiger partial charge in [0.2, 0.25) is 5.91 Å². The van der Waals surface area contributed by atoms with Crippen LogP contribution in [0.1, 0.15) is 29.8 Å². The minimum Gasteiger partial charge on any atom is -0.341 e. The van der Waals surface area contributed by atoms with Crippen LogP contribution < -0.4 is 0 Å². The van der Waals surface area contributed by atoms with Crippen molar-refractivity contribution in [1.82, 2.24) is 14.9 Å². The Morgan fingerprint density at radius 2 is 2.12 bits per heavy atom. The minimum atomic E-state index is -0.919. The predicted molar refractivity (Wildman–Crippen MR) is 85.4 cm³/mol. The number of rotatable bonds is 1. The van der Waals surface area contributed by atoms with Gasteiger partial charge < -0.3 is 9.88 Å². The Bertz CT molecular complexity index is 951. The Morgan fingerprint density at radius 1 is 1.29 bits per heavy atom. The molecule has 0 radical (unpaired) electrons. The summed E-state index contributed by atoms with van der Waals surface area (Å²) in [7, 11) is 0. The standard InChI is InChI=1S/C18H15F2N3O/c1-10(24)23-8-6-12-13-3-2-7-21-18(13)22-16(12)17(23)11-4-5-14(19)15(20)9-11/h2-5,7,9,17H,6,8H2,1H3,(H,21,22). The Labute approximate surface area is 137 Å². The summed E-state index contributed by atoms with van der Waals surface area (Å²) in [5, 5.41) is 1.00. The lowest BCUT2D eigenvalue weighted by Crippen LogP contribution is -2.39. The molecule has 0 aliphatic carbocycles. The number of benzene rings is 1. The smallest absolute Gasteiger partial charge is 0.220 e. The van der Waals surface area contributed by atoms with Gasteiger partial charge in [0.1, 0.15) is 5.65 Å². The van der Waals surface area contributed by atoms with Crippen molar-refractivity contribution in [2.75, 3.05) is 6.54 Å². The van der Waals surface area contributed by atoms with Crippen molar-refractivity contribution in [3.8, 4) is 0 Å². The van der Waals surface area contributed by atoms with Gasteiger partial charge in [0.05, 0.1) is 6.04 Å². The summed E-state index contributed by atoms with van der Waals surface area (Å²) in [5.41, 5.74) is 3.17. The first kappa shape index (κ1) is 14.8. The van der Waals surface area contributed by atoms with E-state index < -0.39 is 17.7 Å². The minimum absolute atomic E-state index is 0.109. The molecule has 3 heterocycles. The highest BCUT2D eigenvalue weighted by Gasteiger charge is 2.33.